The maximum Gasteiger partial charge on any atom is 0.417 e. The zero-order valence-electron chi connectivity index (χ0n) is 9.72. The van der Waals surface area contributed by atoms with E-state index in [1.807, 2.05) is 0 Å². The van der Waals surface area contributed by atoms with E-state index in [1.165, 1.54) is 29.5 Å². The van der Waals surface area contributed by atoms with Gasteiger partial charge in [0.1, 0.15) is 0 Å². The molecule has 100 valence electrons. The van der Waals surface area contributed by atoms with Gasteiger partial charge in [0.2, 0.25) is 5.78 Å². The summed E-state index contributed by atoms with van der Waals surface area (Å²) in [6.45, 7) is 1.79. The second-order valence-corrected chi connectivity index (χ2v) is 6.02. The minimum absolute atomic E-state index is 0.286. The topological polar surface area (TPSA) is 17.1 Å². The summed E-state index contributed by atoms with van der Waals surface area (Å²) in [7, 11) is 0. The number of hydrogen-bond acceptors (Lipinski definition) is 2. The predicted octanol–water partition coefficient (Wildman–Crippen LogP) is 5.07. The number of thiophene rings is 1. The lowest BCUT2D eigenvalue weighted by atomic mass is 10.0. The fourth-order valence-corrected chi connectivity index (χ4v) is 3.46. The molecule has 0 bridgehead atoms. The van der Waals surface area contributed by atoms with E-state index in [2.05, 4.69) is 15.9 Å². The highest BCUT2D eigenvalue weighted by atomic mass is 79.9. The van der Waals surface area contributed by atoms with Crippen LogP contribution in [-0.2, 0) is 6.18 Å². The third-order valence-electron chi connectivity index (χ3n) is 2.49. The van der Waals surface area contributed by atoms with Crippen molar-refractivity contribution in [3.05, 3.63) is 55.7 Å². The van der Waals surface area contributed by atoms with Gasteiger partial charge in [0.15, 0.2) is 0 Å². The van der Waals surface area contributed by atoms with Gasteiger partial charge < -0.3 is 0 Å². The minimum Gasteiger partial charge on any atom is -0.288 e. The third kappa shape index (κ3) is 2.90. The summed E-state index contributed by atoms with van der Waals surface area (Å²) in [6, 6.07) is 6.54. The highest BCUT2D eigenvalue weighted by Crippen LogP contribution is 2.35. The van der Waals surface area contributed by atoms with Crippen LogP contribution in [0.25, 0.3) is 0 Å². The summed E-state index contributed by atoms with van der Waals surface area (Å²) >= 11 is 4.37. The molecule has 6 heteroatoms. The molecular weight excluding hydrogens is 341 g/mol. The number of hydrogen-bond donors (Lipinski definition) is 0. The lowest BCUT2D eigenvalue weighted by Gasteiger charge is -2.11. The Hall–Kier alpha value is -1.14. The highest BCUT2D eigenvalue weighted by Gasteiger charge is 2.35. The van der Waals surface area contributed by atoms with Gasteiger partial charge in [0, 0.05) is 14.9 Å². The molecule has 1 heterocycles. The van der Waals surface area contributed by atoms with E-state index in [0.717, 1.165) is 10.9 Å². The maximum atomic E-state index is 12.9. The Morgan fingerprint density at radius 1 is 1.26 bits per heavy atom. The zero-order valence-corrected chi connectivity index (χ0v) is 12.1. The molecule has 2 rings (SSSR count). The average Bonchev–Trinajstić information content (AvgIpc) is 2.66. The largest absolute Gasteiger partial charge is 0.417 e. The molecule has 0 fully saturated rings. The fourth-order valence-electron chi connectivity index (χ4n) is 1.69. The number of halogens is 4. The van der Waals surface area contributed by atoms with E-state index < -0.39 is 17.5 Å². The number of rotatable bonds is 2. The molecule has 0 aliphatic heterocycles. The van der Waals surface area contributed by atoms with E-state index in [9.17, 15) is 18.0 Å². The molecule has 0 N–H and O–H groups in total. The van der Waals surface area contributed by atoms with Crippen LogP contribution < -0.4 is 0 Å². The number of aryl methyl sites for hydroxylation is 1. The first kappa shape index (κ1) is 14.3. The van der Waals surface area contributed by atoms with Gasteiger partial charge >= 0.3 is 6.18 Å². The van der Waals surface area contributed by atoms with Crippen LogP contribution in [0, 0.1) is 6.92 Å². The van der Waals surface area contributed by atoms with Gasteiger partial charge in [0.25, 0.3) is 0 Å². The van der Waals surface area contributed by atoms with Crippen LogP contribution in [0.4, 0.5) is 13.2 Å². The zero-order chi connectivity index (χ0) is 14.2. The SMILES string of the molecule is Cc1cc(Br)c(C(=O)c2ccccc2C(F)(F)F)s1. The molecule has 0 atom stereocenters. The van der Waals surface area contributed by atoms with Gasteiger partial charge in [-0.05, 0) is 35.0 Å². The molecular formula is C13H8BrF3OS. The van der Waals surface area contributed by atoms with Crippen molar-refractivity contribution in [2.75, 3.05) is 0 Å². The molecule has 2 aromatic rings. The van der Waals surface area contributed by atoms with Crippen molar-refractivity contribution in [1.29, 1.82) is 0 Å². The van der Waals surface area contributed by atoms with E-state index in [-0.39, 0.29) is 10.4 Å². The quantitative estimate of drug-likeness (QED) is 0.692. The summed E-state index contributed by atoms with van der Waals surface area (Å²) in [5.74, 6) is -0.613. The van der Waals surface area contributed by atoms with Crippen molar-refractivity contribution in [2.24, 2.45) is 0 Å². The summed E-state index contributed by atoms with van der Waals surface area (Å²) in [6.07, 6.45) is -4.54. The standard InChI is InChI=1S/C13H8BrF3OS/c1-7-6-10(14)12(19-7)11(18)8-4-2-3-5-9(8)13(15,16)17/h2-6H,1H3. The first-order valence-corrected chi connectivity index (χ1v) is 6.88. The Kier molecular flexibility index (Phi) is 3.82. The Morgan fingerprint density at radius 3 is 2.42 bits per heavy atom. The molecule has 0 unspecified atom stereocenters. The van der Waals surface area contributed by atoms with Crippen LogP contribution in [0.5, 0.6) is 0 Å². The number of carbonyl (C=O) groups excluding carboxylic acids is 1. The molecule has 0 spiro atoms. The van der Waals surface area contributed by atoms with Gasteiger partial charge in [-0.1, -0.05) is 18.2 Å². The van der Waals surface area contributed by atoms with Crippen LogP contribution in [0.1, 0.15) is 25.7 Å². The number of alkyl halides is 3. The van der Waals surface area contributed by atoms with Crippen LogP contribution in [-0.4, -0.2) is 5.78 Å². The number of carbonyl (C=O) groups is 1. The Balaban J connectivity index is 2.54. The first-order chi connectivity index (χ1) is 8.80. The van der Waals surface area contributed by atoms with Crippen molar-refractivity contribution in [3.8, 4) is 0 Å². The van der Waals surface area contributed by atoms with E-state index in [1.54, 1.807) is 13.0 Å². The lowest BCUT2D eigenvalue weighted by molar-refractivity contribution is -0.137. The number of benzene rings is 1. The third-order valence-corrected chi connectivity index (χ3v) is 4.43. The first-order valence-electron chi connectivity index (χ1n) is 5.27. The summed E-state index contributed by atoms with van der Waals surface area (Å²) in [5.41, 5.74) is -1.23. The number of ketones is 1. The minimum atomic E-state index is -4.54. The molecule has 1 nitrogen and oxygen atoms in total. The van der Waals surface area contributed by atoms with E-state index in [0.29, 0.717) is 4.47 Å². The van der Waals surface area contributed by atoms with Crippen molar-refractivity contribution >= 4 is 33.0 Å². The Morgan fingerprint density at radius 2 is 1.89 bits per heavy atom. The highest BCUT2D eigenvalue weighted by molar-refractivity contribution is 9.10. The van der Waals surface area contributed by atoms with E-state index >= 15 is 0 Å². The van der Waals surface area contributed by atoms with Crippen LogP contribution in [0.2, 0.25) is 0 Å². The van der Waals surface area contributed by atoms with Gasteiger partial charge in [0.05, 0.1) is 10.4 Å². The summed E-state index contributed by atoms with van der Waals surface area (Å²) < 4.78 is 39.1. The molecule has 0 saturated heterocycles. The second kappa shape index (κ2) is 5.09. The van der Waals surface area contributed by atoms with Crippen LogP contribution in [0.3, 0.4) is 0 Å². The van der Waals surface area contributed by atoms with Crippen molar-refractivity contribution in [3.63, 3.8) is 0 Å². The monoisotopic (exact) mass is 348 g/mol. The van der Waals surface area contributed by atoms with E-state index in [4.69, 9.17) is 0 Å². The molecule has 1 aromatic carbocycles. The summed E-state index contributed by atoms with van der Waals surface area (Å²) in [4.78, 5) is 13.4. The average molecular weight is 349 g/mol. The molecule has 0 aliphatic rings. The Labute approximate surface area is 120 Å². The van der Waals surface area contributed by atoms with Gasteiger partial charge in [-0.25, -0.2) is 0 Å². The van der Waals surface area contributed by atoms with Crippen molar-refractivity contribution in [1.82, 2.24) is 0 Å². The predicted molar refractivity (Wildman–Crippen MR) is 71.6 cm³/mol. The second-order valence-electron chi connectivity index (χ2n) is 3.91. The molecule has 0 aliphatic carbocycles. The Bertz CT molecular complexity index is 631. The molecule has 19 heavy (non-hydrogen) atoms. The van der Waals surface area contributed by atoms with Gasteiger partial charge in [-0.2, -0.15) is 13.2 Å². The molecule has 0 amide bonds. The normalized spacial score (nSPS) is 11.6. The van der Waals surface area contributed by atoms with Crippen molar-refractivity contribution < 1.29 is 18.0 Å². The van der Waals surface area contributed by atoms with Gasteiger partial charge in [-0.3, -0.25) is 4.79 Å². The molecule has 0 saturated carbocycles. The van der Waals surface area contributed by atoms with Gasteiger partial charge in [-0.15, -0.1) is 11.3 Å². The fraction of sp³-hybridized carbons (Fsp3) is 0.154. The van der Waals surface area contributed by atoms with Crippen LogP contribution in [0.15, 0.2) is 34.8 Å². The van der Waals surface area contributed by atoms with Crippen molar-refractivity contribution in [2.45, 2.75) is 13.1 Å². The maximum absolute atomic E-state index is 12.9. The molecule has 1 aromatic heterocycles. The lowest BCUT2D eigenvalue weighted by Crippen LogP contribution is -2.13. The smallest absolute Gasteiger partial charge is 0.288 e. The molecule has 0 radical (unpaired) electrons. The van der Waals surface area contributed by atoms with Crippen LogP contribution >= 0.6 is 27.3 Å². The summed E-state index contributed by atoms with van der Waals surface area (Å²) in [5, 5.41) is 0.